The lowest BCUT2D eigenvalue weighted by Crippen LogP contribution is -2.59. The van der Waals surface area contributed by atoms with Crippen LogP contribution in [0.5, 0.6) is 11.5 Å². The number of alkyl halides is 3. The van der Waals surface area contributed by atoms with Crippen molar-refractivity contribution in [2.45, 2.75) is 57.3 Å². The van der Waals surface area contributed by atoms with Crippen LogP contribution in [0.2, 0.25) is 0 Å². The maximum absolute atomic E-state index is 13.8. The number of benzene rings is 3. The minimum Gasteiger partial charge on any atom is -0.487 e. The van der Waals surface area contributed by atoms with Gasteiger partial charge in [0.25, 0.3) is 5.91 Å². The van der Waals surface area contributed by atoms with E-state index in [-0.39, 0.29) is 17.9 Å². The number of nitrogens with one attached hydrogen (secondary N) is 1. The molecule has 0 spiro atoms. The Bertz CT molecular complexity index is 1500. The summed E-state index contributed by atoms with van der Waals surface area (Å²) < 4.78 is 50.6. The van der Waals surface area contributed by atoms with Crippen LogP contribution >= 0.6 is 0 Å². The molecule has 0 heterocycles. The van der Waals surface area contributed by atoms with Crippen LogP contribution in [-0.4, -0.2) is 23.0 Å². The van der Waals surface area contributed by atoms with Crippen molar-refractivity contribution in [2.75, 3.05) is 0 Å². The van der Waals surface area contributed by atoms with Gasteiger partial charge >= 0.3 is 12.1 Å². The zero-order valence-electron chi connectivity index (χ0n) is 23.0. The van der Waals surface area contributed by atoms with Crippen LogP contribution in [-0.2, 0) is 17.6 Å². The van der Waals surface area contributed by atoms with Crippen molar-refractivity contribution < 1.29 is 37.3 Å². The summed E-state index contributed by atoms with van der Waals surface area (Å²) >= 11 is 0. The summed E-state index contributed by atoms with van der Waals surface area (Å²) in [5.41, 5.74) is -0.598. The lowest BCUT2D eigenvalue weighted by Gasteiger charge is -2.58. The average molecular weight is 580 g/mol. The van der Waals surface area contributed by atoms with Crippen molar-refractivity contribution in [3.05, 3.63) is 84.1 Å². The quantitative estimate of drug-likeness (QED) is 0.259. The summed E-state index contributed by atoms with van der Waals surface area (Å²) in [5, 5.41) is 14.5. The van der Waals surface area contributed by atoms with Crippen molar-refractivity contribution in [1.29, 1.82) is 0 Å². The first-order valence-corrected chi connectivity index (χ1v) is 14.2. The third kappa shape index (κ3) is 5.32. The van der Waals surface area contributed by atoms with Crippen LogP contribution in [0, 0.1) is 23.2 Å². The first kappa shape index (κ1) is 28.1. The molecule has 7 rings (SSSR count). The van der Waals surface area contributed by atoms with Gasteiger partial charge in [-0.2, -0.15) is 13.2 Å². The van der Waals surface area contributed by atoms with E-state index in [1.807, 2.05) is 0 Å². The number of hydrogen-bond acceptors (Lipinski definition) is 4. The van der Waals surface area contributed by atoms with Gasteiger partial charge in [-0.1, -0.05) is 24.8 Å². The van der Waals surface area contributed by atoms with Gasteiger partial charge in [0.15, 0.2) is 0 Å². The number of halogens is 3. The minimum atomic E-state index is -4.46. The van der Waals surface area contributed by atoms with Crippen molar-refractivity contribution >= 4 is 22.6 Å². The van der Waals surface area contributed by atoms with Gasteiger partial charge in [0.1, 0.15) is 24.1 Å². The zero-order valence-corrected chi connectivity index (χ0v) is 23.0. The monoisotopic (exact) mass is 579 g/mol. The number of hydrogen-bond donors (Lipinski definition) is 2. The Hall–Kier alpha value is -4.01. The first-order valence-electron chi connectivity index (χ1n) is 14.2. The molecule has 1 amide bonds. The van der Waals surface area contributed by atoms with Crippen molar-refractivity contribution in [1.82, 2.24) is 5.32 Å². The van der Waals surface area contributed by atoms with E-state index >= 15 is 0 Å². The van der Waals surface area contributed by atoms with Gasteiger partial charge in [0.05, 0.1) is 17.4 Å². The SMILES string of the molecule is C=COc1ccc2c(OCc3ccc(C(F)(F)F)cc3)c(C(=O)NC(C(=O)O)C34CC5CC(CC(C5)C3)C4)ccc2c1. The summed E-state index contributed by atoms with van der Waals surface area (Å²) in [6, 6.07) is 12.1. The van der Waals surface area contributed by atoms with Crippen molar-refractivity contribution in [3.8, 4) is 11.5 Å². The smallest absolute Gasteiger partial charge is 0.416 e. The highest BCUT2D eigenvalue weighted by atomic mass is 19.4. The highest BCUT2D eigenvalue weighted by Gasteiger charge is 2.56. The molecule has 3 aromatic carbocycles. The minimum absolute atomic E-state index is 0.0974. The highest BCUT2D eigenvalue weighted by molar-refractivity contribution is 6.05. The first-order chi connectivity index (χ1) is 20.0. The van der Waals surface area contributed by atoms with Crippen molar-refractivity contribution in [2.24, 2.45) is 23.2 Å². The van der Waals surface area contributed by atoms with Crippen molar-refractivity contribution in [3.63, 3.8) is 0 Å². The predicted octanol–water partition coefficient (Wildman–Crippen LogP) is 7.36. The molecule has 4 aliphatic rings. The molecule has 6 nitrogen and oxygen atoms in total. The molecular weight excluding hydrogens is 547 g/mol. The molecule has 0 radical (unpaired) electrons. The molecule has 3 aromatic rings. The Labute approximate surface area is 241 Å². The largest absolute Gasteiger partial charge is 0.487 e. The zero-order chi connectivity index (χ0) is 29.6. The molecule has 4 fully saturated rings. The fourth-order valence-electron chi connectivity index (χ4n) is 7.95. The molecule has 1 unspecified atom stereocenters. The molecule has 9 heteroatoms. The average Bonchev–Trinajstić information content (AvgIpc) is 2.93. The second-order valence-electron chi connectivity index (χ2n) is 12.1. The predicted molar refractivity (Wildman–Crippen MR) is 150 cm³/mol. The summed E-state index contributed by atoms with van der Waals surface area (Å²) in [5.74, 6) is 0.653. The Morgan fingerprint density at radius 1 is 1.00 bits per heavy atom. The van der Waals surface area contributed by atoms with Gasteiger partial charge in [-0.15, -0.1) is 0 Å². The van der Waals surface area contributed by atoms with Crippen LogP contribution in [0.1, 0.15) is 60.0 Å². The summed E-state index contributed by atoms with van der Waals surface area (Å²) in [7, 11) is 0. The maximum Gasteiger partial charge on any atom is 0.416 e. The van der Waals surface area contributed by atoms with Gasteiger partial charge in [0, 0.05) is 10.8 Å². The number of carboxylic acids is 1. The van der Waals surface area contributed by atoms with E-state index in [2.05, 4.69) is 11.9 Å². The van der Waals surface area contributed by atoms with Gasteiger partial charge in [0.2, 0.25) is 0 Å². The van der Waals surface area contributed by atoms with Crippen LogP contribution in [0.4, 0.5) is 13.2 Å². The Balaban J connectivity index is 1.32. The molecule has 0 saturated heterocycles. The van der Waals surface area contributed by atoms with E-state index in [1.54, 1.807) is 30.3 Å². The van der Waals surface area contributed by atoms with E-state index in [4.69, 9.17) is 9.47 Å². The van der Waals surface area contributed by atoms with Gasteiger partial charge in [-0.3, -0.25) is 4.79 Å². The molecular formula is C33H32F3NO5. The van der Waals surface area contributed by atoms with E-state index in [0.29, 0.717) is 39.8 Å². The van der Waals surface area contributed by atoms with Crippen LogP contribution in [0.15, 0.2) is 67.4 Å². The lowest BCUT2D eigenvalue weighted by atomic mass is 9.47. The molecule has 220 valence electrons. The number of carboxylic acid groups (broad SMARTS) is 1. The number of fused-ring (bicyclic) bond motifs is 1. The van der Waals surface area contributed by atoms with E-state index in [9.17, 15) is 27.9 Å². The topological polar surface area (TPSA) is 84.9 Å². The van der Waals surface area contributed by atoms with Crippen LogP contribution in [0.25, 0.3) is 10.8 Å². The summed E-state index contributed by atoms with van der Waals surface area (Å²) in [4.78, 5) is 26.5. The lowest BCUT2D eigenvalue weighted by molar-refractivity contribution is -0.150. The Kier molecular flexibility index (Phi) is 7.15. The van der Waals surface area contributed by atoms with Crippen LogP contribution in [0.3, 0.4) is 0 Å². The number of carbonyl (C=O) groups excluding carboxylic acids is 1. The van der Waals surface area contributed by atoms with Gasteiger partial charge in [-0.05, 0) is 104 Å². The molecule has 2 N–H and O–H groups in total. The molecule has 1 atom stereocenters. The normalized spacial score (nSPS) is 25.2. The third-order valence-electron chi connectivity index (χ3n) is 9.29. The number of ether oxygens (including phenoxy) is 2. The number of amides is 1. The standard InChI is InChI=1S/C33H32F3NO5/c1-2-41-25-8-10-26-23(14-25)5-9-27(28(26)42-18-19-3-6-24(7-4-19)33(34,35)36)30(38)37-29(31(39)40)32-15-20-11-21(16-32)13-22(12-20)17-32/h2-10,14,20-22,29H,1,11-13,15-18H2,(H,37,38)(H,39,40). The maximum atomic E-state index is 13.8. The number of aliphatic carboxylic acids is 1. The van der Waals surface area contributed by atoms with E-state index in [0.717, 1.165) is 50.7 Å². The fraction of sp³-hybridized carbons (Fsp3) is 0.394. The summed E-state index contributed by atoms with van der Waals surface area (Å²) in [6.07, 6.45) is 2.67. The molecule has 4 bridgehead atoms. The molecule has 42 heavy (non-hydrogen) atoms. The van der Waals surface area contributed by atoms with E-state index in [1.165, 1.54) is 18.4 Å². The van der Waals surface area contributed by atoms with Gasteiger partial charge < -0.3 is 19.9 Å². The number of carbonyl (C=O) groups is 2. The second kappa shape index (κ2) is 10.7. The summed E-state index contributed by atoms with van der Waals surface area (Å²) in [6.45, 7) is 3.47. The fourth-order valence-corrected chi connectivity index (χ4v) is 7.95. The van der Waals surface area contributed by atoms with Crippen LogP contribution < -0.4 is 14.8 Å². The second-order valence-corrected chi connectivity index (χ2v) is 12.1. The Morgan fingerprint density at radius 3 is 2.21 bits per heavy atom. The third-order valence-corrected chi connectivity index (χ3v) is 9.29. The molecule has 4 aliphatic carbocycles. The molecule has 0 aliphatic heterocycles. The molecule has 4 saturated carbocycles. The highest BCUT2D eigenvalue weighted by Crippen LogP contribution is 2.61. The van der Waals surface area contributed by atoms with E-state index < -0.39 is 35.1 Å². The Morgan fingerprint density at radius 2 is 1.64 bits per heavy atom. The van der Waals surface area contributed by atoms with Gasteiger partial charge in [-0.25, -0.2) is 4.79 Å². The number of rotatable bonds is 9. The molecule has 0 aromatic heterocycles.